The fourth-order valence-corrected chi connectivity index (χ4v) is 4.79. The minimum absolute atomic E-state index is 0.00978. The van der Waals surface area contributed by atoms with Crippen molar-refractivity contribution >= 4 is 5.97 Å². The number of hydrogen-bond donors (Lipinski definition) is 0. The van der Waals surface area contributed by atoms with Gasteiger partial charge in [-0.25, -0.2) is 4.39 Å². The van der Waals surface area contributed by atoms with Gasteiger partial charge in [0.1, 0.15) is 11.4 Å². The second-order valence-electron chi connectivity index (χ2n) is 9.88. The SMILES string of the molecule is C[C@H](c1ccccc1)N(Cc1ccccc1)[C@@H]1c2cc(F)ccc2C[C@H]1C(=O)OC(C)(C)C. The summed E-state index contributed by atoms with van der Waals surface area (Å²) < 4.78 is 20.3. The molecule has 0 bridgehead atoms. The molecule has 0 N–H and O–H groups in total. The van der Waals surface area contributed by atoms with E-state index in [2.05, 4.69) is 36.1 Å². The Morgan fingerprint density at radius 3 is 2.30 bits per heavy atom. The lowest BCUT2D eigenvalue weighted by Gasteiger charge is -2.38. The molecule has 0 aliphatic heterocycles. The van der Waals surface area contributed by atoms with Crippen molar-refractivity contribution < 1.29 is 13.9 Å². The molecule has 172 valence electrons. The van der Waals surface area contributed by atoms with Crippen molar-refractivity contribution in [3.63, 3.8) is 0 Å². The lowest BCUT2D eigenvalue weighted by molar-refractivity contribution is -0.162. The van der Waals surface area contributed by atoms with E-state index in [9.17, 15) is 9.18 Å². The van der Waals surface area contributed by atoms with Crippen molar-refractivity contribution in [3.05, 3.63) is 107 Å². The molecule has 0 aromatic heterocycles. The van der Waals surface area contributed by atoms with Crippen LogP contribution in [0.3, 0.4) is 0 Å². The zero-order chi connectivity index (χ0) is 23.6. The molecule has 3 nitrogen and oxygen atoms in total. The summed E-state index contributed by atoms with van der Waals surface area (Å²) in [6.45, 7) is 8.44. The summed E-state index contributed by atoms with van der Waals surface area (Å²) in [5, 5.41) is 0. The van der Waals surface area contributed by atoms with Crippen molar-refractivity contribution in [2.45, 2.75) is 58.3 Å². The van der Waals surface area contributed by atoms with Crippen LogP contribution in [0.4, 0.5) is 4.39 Å². The Morgan fingerprint density at radius 1 is 1.03 bits per heavy atom. The highest BCUT2D eigenvalue weighted by Crippen LogP contribution is 2.45. The van der Waals surface area contributed by atoms with E-state index >= 15 is 0 Å². The van der Waals surface area contributed by atoms with Crippen LogP contribution in [0.5, 0.6) is 0 Å². The molecule has 3 aromatic rings. The number of nitrogens with zero attached hydrogens (tertiary/aromatic N) is 1. The van der Waals surface area contributed by atoms with Crippen LogP contribution in [-0.4, -0.2) is 16.5 Å². The highest BCUT2D eigenvalue weighted by atomic mass is 19.1. The number of carbonyl (C=O) groups excluding carboxylic acids is 1. The Labute approximate surface area is 196 Å². The van der Waals surface area contributed by atoms with Gasteiger partial charge in [-0.05, 0) is 68.5 Å². The highest BCUT2D eigenvalue weighted by Gasteiger charge is 2.44. The Balaban J connectivity index is 1.80. The molecule has 33 heavy (non-hydrogen) atoms. The van der Waals surface area contributed by atoms with Crippen LogP contribution in [0.2, 0.25) is 0 Å². The Morgan fingerprint density at radius 2 is 1.67 bits per heavy atom. The fraction of sp³-hybridized carbons (Fsp3) is 0.345. The molecule has 3 atom stereocenters. The van der Waals surface area contributed by atoms with Crippen LogP contribution in [0, 0.1) is 11.7 Å². The molecule has 0 fully saturated rings. The smallest absolute Gasteiger partial charge is 0.311 e. The van der Waals surface area contributed by atoms with E-state index in [1.807, 2.05) is 63.2 Å². The summed E-state index contributed by atoms with van der Waals surface area (Å²) in [7, 11) is 0. The molecule has 0 heterocycles. The van der Waals surface area contributed by atoms with E-state index < -0.39 is 11.5 Å². The third kappa shape index (κ3) is 5.33. The maximum atomic E-state index is 14.4. The first kappa shape index (κ1) is 23.2. The first-order chi connectivity index (χ1) is 15.7. The average Bonchev–Trinajstić information content (AvgIpc) is 3.16. The topological polar surface area (TPSA) is 29.5 Å². The van der Waals surface area contributed by atoms with Crippen LogP contribution < -0.4 is 0 Å². The van der Waals surface area contributed by atoms with E-state index in [4.69, 9.17) is 4.74 Å². The monoisotopic (exact) mass is 445 g/mol. The maximum Gasteiger partial charge on any atom is 0.311 e. The fourth-order valence-electron chi connectivity index (χ4n) is 4.79. The van der Waals surface area contributed by atoms with Gasteiger partial charge in [0.2, 0.25) is 0 Å². The van der Waals surface area contributed by atoms with Crippen LogP contribution in [-0.2, 0) is 22.5 Å². The summed E-state index contributed by atoms with van der Waals surface area (Å²) in [4.78, 5) is 15.7. The van der Waals surface area contributed by atoms with E-state index in [1.54, 1.807) is 6.07 Å². The Hall–Kier alpha value is -2.98. The summed E-state index contributed by atoms with van der Waals surface area (Å²) in [6, 6.07) is 25.1. The molecule has 4 rings (SSSR count). The minimum Gasteiger partial charge on any atom is -0.460 e. The number of benzene rings is 3. The van der Waals surface area contributed by atoms with Crippen molar-refractivity contribution in [1.29, 1.82) is 0 Å². The number of hydrogen-bond acceptors (Lipinski definition) is 3. The van der Waals surface area contributed by atoms with Crippen LogP contribution in [0.25, 0.3) is 0 Å². The molecule has 0 spiro atoms. The van der Waals surface area contributed by atoms with Crippen molar-refractivity contribution in [2.24, 2.45) is 5.92 Å². The number of rotatable bonds is 6. The number of halogens is 1. The second kappa shape index (κ2) is 9.48. The molecule has 0 amide bonds. The molecule has 0 saturated heterocycles. The first-order valence-electron chi connectivity index (χ1n) is 11.6. The lowest BCUT2D eigenvalue weighted by atomic mass is 9.94. The summed E-state index contributed by atoms with van der Waals surface area (Å²) in [5.41, 5.74) is 3.60. The van der Waals surface area contributed by atoms with Gasteiger partial charge in [0.15, 0.2) is 0 Å². The molecule has 0 saturated carbocycles. The normalized spacial score (nSPS) is 18.7. The standard InChI is InChI=1S/C29H32FNO2/c1-20(22-13-9-6-10-14-22)31(19-21-11-7-5-8-12-21)27-25-18-24(30)16-15-23(25)17-26(27)28(32)33-29(2,3)4/h5-16,18,20,26-27H,17,19H2,1-4H3/t20-,26-,27-/m1/s1. The predicted molar refractivity (Wildman–Crippen MR) is 129 cm³/mol. The van der Waals surface area contributed by atoms with Gasteiger partial charge < -0.3 is 4.74 Å². The molecule has 0 radical (unpaired) electrons. The largest absolute Gasteiger partial charge is 0.460 e. The van der Waals surface area contributed by atoms with Gasteiger partial charge in [-0.15, -0.1) is 0 Å². The van der Waals surface area contributed by atoms with Gasteiger partial charge in [0.25, 0.3) is 0 Å². The van der Waals surface area contributed by atoms with Gasteiger partial charge in [0.05, 0.1) is 5.92 Å². The van der Waals surface area contributed by atoms with Gasteiger partial charge in [-0.3, -0.25) is 9.69 Å². The van der Waals surface area contributed by atoms with E-state index in [0.717, 1.165) is 22.3 Å². The molecular weight excluding hydrogens is 413 g/mol. The van der Waals surface area contributed by atoms with Crippen molar-refractivity contribution in [2.75, 3.05) is 0 Å². The lowest BCUT2D eigenvalue weighted by Crippen LogP contribution is -2.39. The zero-order valence-electron chi connectivity index (χ0n) is 19.8. The quantitative estimate of drug-likeness (QED) is 0.398. The summed E-state index contributed by atoms with van der Waals surface area (Å²) in [6.07, 6.45) is 0.544. The van der Waals surface area contributed by atoms with Crippen LogP contribution >= 0.6 is 0 Å². The number of esters is 1. The average molecular weight is 446 g/mol. The minimum atomic E-state index is -0.586. The summed E-state index contributed by atoms with van der Waals surface area (Å²) in [5.74, 6) is -0.922. The molecular formula is C29H32FNO2. The van der Waals surface area contributed by atoms with E-state index in [-0.39, 0.29) is 23.9 Å². The Kier molecular flexibility index (Phi) is 6.66. The number of fused-ring (bicyclic) bond motifs is 1. The summed E-state index contributed by atoms with van der Waals surface area (Å²) >= 11 is 0. The number of ether oxygens (including phenoxy) is 1. The zero-order valence-corrected chi connectivity index (χ0v) is 19.8. The van der Waals surface area contributed by atoms with Crippen molar-refractivity contribution in [3.8, 4) is 0 Å². The third-order valence-electron chi connectivity index (χ3n) is 6.30. The molecule has 1 aliphatic rings. The van der Waals surface area contributed by atoms with E-state index in [0.29, 0.717) is 13.0 Å². The van der Waals surface area contributed by atoms with Crippen LogP contribution in [0.1, 0.15) is 62.0 Å². The van der Waals surface area contributed by atoms with Crippen LogP contribution in [0.15, 0.2) is 78.9 Å². The highest BCUT2D eigenvalue weighted by molar-refractivity contribution is 5.76. The molecule has 0 unspecified atom stereocenters. The molecule has 3 aromatic carbocycles. The predicted octanol–water partition coefficient (Wildman–Crippen LogP) is 6.64. The maximum absolute atomic E-state index is 14.4. The second-order valence-corrected chi connectivity index (χ2v) is 9.88. The number of carbonyl (C=O) groups is 1. The van der Waals surface area contributed by atoms with Gasteiger partial charge in [-0.1, -0.05) is 66.7 Å². The van der Waals surface area contributed by atoms with Gasteiger partial charge in [0, 0.05) is 18.6 Å². The third-order valence-corrected chi connectivity index (χ3v) is 6.30. The first-order valence-corrected chi connectivity index (χ1v) is 11.6. The van der Waals surface area contributed by atoms with Gasteiger partial charge >= 0.3 is 5.97 Å². The molecule has 4 heteroatoms. The molecule has 1 aliphatic carbocycles. The van der Waals surface area contributed by atoms with E-state index in [1.165, 1.54) is 6.07 Å². The Bertz CT molecular complexity index is 1090. The van der Waals surface area contributed by atoms with Crippen molar-refractivity contribution in [1.82, 2.24) is 4.90 Å². The van der Waals surface area contributed by atoms with Gasteiger partial charge in [-0.2, -0.15) is 0 Å².